The molecule has 2 aromatic rings. The molecule has 1 aliphatic carbocycles. The molecule has 0 spiro atoms. The van der Waals surface area contributed by atoms with Crippen LogP contribution in [0.1, 0.15) is 54.4 Å². The zero-order valence-corrected chi connectivity index (χ0v) is 20.2. The molecule has 33 heavy (non-hydrogen) atoms. The number of carbonyl (C=O) groups excluding carboxylic acids is 2. The van der Waals surface area contributed by atoms with E-state index < -0.39 is 6.04 Å². The maximum absolute atomic E-state index is 13.0. The number of aryl methyl sites for hydroxylation is 1. The normalized spacial score (nSPS) is 14.9. The van der Waals surface area contributed by atoms with Crippen molar-refractivity contribution in [3.05, 3.63) is 58.6 Å². The van der Waals surface area contributed by atoms with E-state index in [0.29, 0.717) is 36.0 Å². The van der Waals surface area contributed by atoms with Crippen LogP contribution in [0.15, 0.2) is 42.5 Å². The van der Waals surface area contributed by atoms with Crippen LogP contribution in [-0.4, -0.2) is 38.1 Å². The van der Waals surface area contributed by atoms with Gasteiger partial charge in [-0.3, -0.25) is 9.59 Å². The van der Waals surface area contributed by atoms with Crippen LogP contribution in [0.4, 0.5) is 5.69 Å². The van der Waals surface area contributed by atoms with Crippen LogP contribution in [0.25, 0.3) is 0 Å². The van der Waals surface area contributed by atoms with Crippen molar-refractivity contribution in [1.29, 1.82) is 0 Å². The molecule has 1 fully saturated rings. The first-order chi connectivity index (χ1) is 16.0. The van der Waals surface area contributed by atoms with E-state index in [1.165, 1.54) is 19.3 Å². The molecular weight excluding hydrogens is 438 g/mol. The molecule has 1 aliphatic rings. The Kier molecular flexibility index (Phi) is 9.43. The third-order valence-electron chi connectivity index (χ3n) is 6.20. The second kappa shape index (κ2) is 12.5. The highest BCUT2D eigenvalue weighted by molar-refractivity contribution is 6.34. The van der Waals surface area contributed by atoms with Gasteiger partial charge in [-0.15, -0.1) is 0 Å². The minimum Gasteiger partial charge on any atom is -0.497 e. The summed E-state index contributed by atoms with van der Waals surface area (Å²) in [6, 6.07) is 12.4. The number of halogens is 1. The van der Waals surface area contributed by atoms with Crippen LogP contribution in [0.5, 0.6) is 5.75 Å². The van der Waals surface area contributed by atoms with Gasteiger partial charge in [-0.2, -0.15) is 0 Å². The third-order valence-corrected chi connectivity index (χ3v) is 6.70. The van der Waals surface area contributed by atoms with Crippen molar-refractivity contribution in [2.24, 2.45) is 5.92 Å². The average molecular weight is 472 g/mol. The molecule has 2 amide bonds. The molecular formula is C26H34ClN3O3. The van der Waals surface area contributed by atoms with E-state index in [1.807, 2.05) is 37.3 Å². The Balaban J connectivity index is 1.57. The average Bonchev–Trinajstić information content (AvgIpc) is 2.84. The summed E-state index contributed by atoms with van der Waals surface area (Å²) in [4.78, 5) is 26.0. The van der Waals surface area contributed by atoms with Crippen molar-refractivity contribution >= 4 is 29.1 Å². The zero-order chi connectivity index (χ0) is 23.6. The Labute approximate surface area is 201 Å². The van der Waals surface area contributed by atoms with Crippen LogP contribution >= 0.6 is 11.6 Å². The van der Waals surface area contributed by atoms with Gasteiger partial charge in [0.2, 0.25) is 5.91 Å². The number of benzene rings is 2. The monoisotopic (exact) mass is 471 g/mol. The van der Waals surface area contributed by atoms with Crippen LogP contribution in [0, 0.1) is 12.8 Å². The number of nitrogens with one attached hydrogen (secondary N) is 3. The van der Waals surface area contributed by atoms with Gasteiger partial charge < -0.3 is 20.7 Å². The molecule has 1 saturated carbocycles. The van der Waals surface area contributed by atoms with Crippen LogP contribution in [-0.2, 0) is 4.79 Å². The largest absolute Gasteiger partial charge is 0.497 e. The molecule has 178 valence electrons. The lowest BCUT2D eigenvalue weighted by Crippen LogP contribution is -2.48. The lowest BCUT2D eigenvalue weighted by atomic mass is 9.84. The number of ether oxygens (including phenoxy) is 1. The molecule has 0 aromatic heterocycles. The molecule has 0 radical (unpaired) electrons. The minimum absolute atomic E-state index is 0.158. The lowest BCUT2D eigenvalue weighted by molar-refractivity contribution is -0.123. The quantitative estimate of drug-likeness (QED) is 0.428. The van der Waals surface area contributed by atoms with Crippen molar-refractivity contribution in [3.63, 3.8) is 0 Å². The summed E-state index contributed by atoms with van der Waals surface area (Å²) in [6.07, 6.45) is 6.46. The summed E-state index contributed by atoms with van der Waals surface area (Å²) in [5, 5.41) is 9.63. The molecule has 0 unspecified atom stereocenters. The number of amides is 2. The smallest absolute Gasteiger partial charge is 0.253 e. The molecule has 1 atom stereocenters. The van der Waals surface area contributed by atoms with Gasteiger partial charge in [-0.25, -0.2) is 0 Å². The minimum atomic E-state index is -0.585. The molecule has 3 rings (SSSR count). The Morgan fingerprint density at radius 3 is 2.48 bits per heavy atom. The molecule has 0 saturated heterocycles. The molecule has 3 N–H and O–H groups in total. The number of rotatable bonds is 10. The Bertz CT molecular complexity index is 927. The van der Waals surface area contributed by atoms with Crippen LogP contribution < -0.4 is 20.7 Å². The predicted molar refractivity (Wildman–Crippen MR) is 133 cm³/mol. The van der Waals surface area contributed by atoms with E-state index in [2.05, 4.69) is 16.0 Å². The van der Waals surface area contributed by atoms with Crippen LogP contribution in [0.2, 0.25) is 5.02 Å². The molecule has 7 heteroatoms. The Hall–Kier alpha value is -2.73. The SMILES string of the molecule is COc1ccc(NCCNC(=O)[C@H](CC2CCCCC2)NC(=O)c2cccc(C)c2Cl)cc1. The predicted octanol–water partition coefficient (Wildman–Crippen LogP) is 4.95. The van der Waals surface area contributed by atoms with Gasteiger partial charge in [0.05, 0.1) is 17.7 Å². The van der Waals surface area contributed by atoms with Gasteiger partial charge in [0, 0.05) is 18.8 Å². The molecule has 0 bridgehead atoms. The maximum atomic E-state index is 13.0. The number of carbonyl (C=O) groups is 2. The number of anilines is 1. The third kappa shape index (κ3) is 7.39. The second-order valence-electron chi connectivity index (χ2n) is 8.65. The van der Waals surface area contributed by atoms with Gasteiger partial charge in [-0.05, 0) is 55.2 Å². The van der Waals surface area contributed by atoms with Crippen molar-refractivity contribution in [1.82, 2.24) is 10.6 Å². The lowest BCUT2D eigenvalue weighted by Gasteiger charge is -2.27. The zero-order valence-electron chi connectivity index (χ0n) is 19.5. The number of hydrogen-bond donors (Lipinski definition) is 3. The van der Waals surface area contributed by atoms with E-state index in [-0.39, 0.29) is 11.8 Å². The molecule has 6 nitrogen and oxygen atoms in total. The fraction of sp³-hybridized carbons (Fsp3) is 0.462. The van der Waals surface area contributed by atoms with E-state index >= 15 is 0 Å². The van der Waals surface area contributed by atoms with Crippen molar-refractivity contribution in [2.75, 3.05) is 25.5 Å². The molecule has 0 heterocycles. The van der Waals surface area contributed by atoms with Crippen LogP contribution in [0.3, 0.4) is 0 Å². The molecule has 2 aromatic carbocycles. The summed E-state index contributed by atoms with van der Waals surface area (Å²) in [5.74, 6) is 0.773. The van der Waals surface area contributed by atoms with Crippen molar-refractivity contribution in [3.8, 4) is 5.75 Å². The van der Waals surface area contributed by atoms with E-state index in [4.69, 9.17) is 16.3 Å². The molecule has 0 aliphatic heterocycles. The number of methoxy groups -OCH3 is 1. The van der Waals surface area contributed by atoms with Gasteiger partial charge in [-0.1, -0.05) is 55.8 Å². The first kappa shape index (κ1) is 24.9. The van der Waals surface area contributed by atoms with E-state index in [9.17, 15) is 9.59 Å². The summed E-state index contributed by atoms with van der Waals surface area (Å²) in [6.45, 7) is 2.89. The maximum Gasteiger partial charge on any atom is 0.253 e. The van der Waals surface area contributed by atoms with E-state index in [0.717, 1.165) is 29.8 Å². The first-order valence-electron chi connectivity index (χ1n) is 11.7. The second-order valence-corrected chi connectivity index (χ2v) is 9.03. The summed E-state index contributed by atoms with van der Waals surface area (Å²) < 4.78 is 5.16. The standard InChI is InChI=1S/C26H34ClN3O3/c1-18-7-6-10-22(24(18)27)25(31)30-23(17-19-8-4-3-5-9-19)26(32)29-16-15-28-20-11-13-21(33-2)14-12-20/h6-7,10-14,19,23,28H,3-5,8-9,15-17H2,1-2H3,(H,29,32)(H,30,31)/t23-/m0/s1. The first-order valence-corrected chi connectivity index (χ1v) is 12.1. The highest BCUT2D eigenvalue weighted by Crippen LogP contribution is 2.28. The van der Waals surface area contributed by atoms with Crippen molar-refractivity contribution in [2.45, 2.75) is 51.5 Å². The fourth-order valence-corrected chi connectivity index (χ4v) is 4.48. The van der Waals surface area contributed by atoms with E-state index in [1.54, 1.807) is 19.2 Å². The summed E-state index contributed by atoms with van der Waals surface area (Å²) in [5.41, 5.74) is 2.19. The summed E-state index contributed by atoms with van der Waals surface area (Å²) in [7, 11) is 1.63. The van der Waals surface area contributed by atoms with Gasteiger partial charge in [0.1, 0.15) is 11.8 Å². The summed E-state index contributed by atoms with van der Waals surface area (Å²) >= 11 is 6.35. The highest BCUT2D eigenvalue weighted by atomic mass is 35.5. The topological polar surface area (TPSA) is 79.5 Å². The Morgan fingerprint density at radius 1 is 1.06 bits per heavy atom. The van der Waals surface area contributed by atoms with Crippen molar-refractivity contribution < 1.29 is 14.3 Å². The Morgan fingerprint density at radius 2 is 1.79 bits per heavy atom. The fourth-order valence-electron chi connectivity index (χ4n) is 4.27. The van der Waals surface area contributed by atoms with Gasteiger partial charge >= 0.3 is 0 Å². The van der Waals surface area contributed by atoms with Gasteiger partial charge in [0.25, 0.3) is 5.91 Å². The highest BCUT2D eigenvalue weighted by Gasteiger charge is 2.26. The number of hydrogen-bond acceptors (Lipinski definition) is 4. The van der Waals surface area contributed by atoms with Gasteiger partial charge in [0.15, 0.2) is 0 Å².